The number of hydrogen-bond donors (Lipinski definition) is 1. The fraction of sp³-hybridized carbons (Fsp3) is 0.231. The van der Waals surface area contributed by atoms with Crippen LogP contribution in [0.15, 0.2) is 35.4 Å². The molecule has 1 N–H and O–H groups in total. The molecule has 104 valence electrons. The summed E-state index contributed by atoms with van der Waals surface area (Å²) in [7, 11) is 0. The number of hydrogen-bond acceptors (Lipinski definition) is 5. The Morgan fingerprint density at radius 3 is 2.80 bits per heavy atom. The van der Waals surface area contributed by atoms with Gasteiger partial charge in [0.05, 0.1) is 29.7 Å². The Morgan fingerprint density at radius 2 is 2.10 bits per heavy atom. The minimum atomic E-state index is -1.39. The topological polar surface area (TPSA) is 104 Å². The maximum absolute atomic E-state index is 12.2. The van der Waals surface area contributed by atoms with E-state index in [0.717, 1.165) is 4.57 Å². The summed E-state index contributed by atoms with van der Waals surface area (Å²) in [6.45, 7) is 0.890. The maximum Gasteiger partial charge on any atom is 0.261 e. The predicted octanol–water partition coefficient (Wildman–Crippen LogP) is -1.18. The van der Waals surface area contributed by atoms with Crippen molar-refractivity contribution in [1.29, 1.82) is 0 Å². The summed E-state index contributed by atoms with van der Waals surface area (Å²) >= 11 is 0. The monoisotopic (exact) mass is 274 g/mol. The number of fused-ring (bicyclic) bond motifs is 1. The molecule has 1 amide bonds. The average Bonchev–Trinajstić information content (AvgIpc) is 2.44. The molecule has 0 aliphatic heterocycles. The van der Waals surface area contributed by atoms with Crippen LogP contribution < -0.4 is 16.0 Å². The molecule has 0 bridgehead atoms. The number of carbonyl (C=O) groups is 2. The Hall–Kier alpha value is -2.70. The van der Waals surface area contributed by atoms with Crippen molar-refractivity contribution >= 4 is 22.8 Å². The summed E-state index contributed by atoms with van der Waals surface area (Å²) in [5.74, 6) is -1.98. The smallest absolute Gasteiger partial charge is 0.261 e. The van der Waals surface area contributed by atoms with E-state index in [2.05, 4.69) is 10.3 Å². The van der Waals surface area contributed by atoms with Crippen LogP contribution in [-0.2, 0) is 9.59 Å². The van der Waals surface area contributed by atoms with Crippen LogP contribution in [0.5, 0.6) is 0 Å². The van der Waals surface area contributed by atoms with Crippen molar-refractivity contribution in [3.63, 3.8) is 0 Å². The lowest BCUT2D eigenvalue weighted by atomic mass is 10.2. The molecule has 0 fully saturated rings. The molecule has 0 aliphatic carbocycles. The highest BCUT2D eigenvalue weighted by Gasteiger charge is 2.17. The molecule has 0 unspecified atom stereocenters. The lowest BCUT2D eigenvalue weighted by Gasteiger charge is -2.15. The van der Waals surface area contributed by atoms with Crippen molar-refractivity contribution in [3.8, 4) is 0 Å². The fourth-order valence-electron chi connectivity index (χ4n) is 1.79. The third kappa shape index (κ3) is 2.66. The van der Waals surface area contributed by atoms with Crippen molar-refractivity contribution in [2.75, 3.05) is 6.54 Å². The number of aliphatic carboxylic acids is 1. The first-order valence-electron chi connectivity index (χ1n) is 5.94. The van der Waals surface area contributed by atoms with E-state index >= 15 is 0 Å². The minimum absolute atomic E-state index is 0.355. The molecule has 0 saturated heterocycles. The SMILES string of the molecule is C[C@@H](C(=O)NCC(=O)[O-])n1cnc2ccccc2c1=O. The normalized spacial score (nSPS) is 12.1. The van der Waals surface area contributed by atoms with Crippen molar-refractivity contribution < 1.29 is 14.7 Å². The summed E-state index contributed by atoms with van der Waals surface area (Å²) in [4.78, 5) is 38.4. The van der Waals surface area contributed by atoms with Crippen LogP contribution in [0, 0.1) is 0 Å². The van der Waals surface area contributed by atoms with Gasteiger partial charge in [-0.2, -0.15) is 0 Å². The highest BCUT2D eigenvalue weighted by atomic mass is 16.4. The van der Waals surface area contributed by atoms with Gasteiger partial charge >= 0.3 is 0 Å². The molecule has 0 aliphatic rings. The predicted molar refractivity (Wildman–Crippen MR) is 68.7 cm³/mol. The molecule has 1 heterocycles. The highest BCUT2D eigenvalue weighted by Crippen LogP contribution is 2.08. The summed E-state index contributed by atoms with van der Waals surface area (Å²) in [5.41, 5.74) is 0.183. The first-order valence-corrected chi connectivity index (χ1v) is 5.94. The molecule has 1 aromatic heterocycles. The Labute approximate surface area is 113 Å². The van der Waals surface area contributed by atoms with Gasteiger partial charge in [0.25, 0.3) is 5.56 Å². The van der Waals surface area contributed by atoms with E-state index in [1.54, 1.807) is 24.3 Å². The summed E-state index contributed by atoms with van der Waals surface area (Å²) in [6, 6.07) is 5.92. The standard InChI is InChI=1S/C13H13N3O4/c1-8(12(19)14-6-11(17)18)16-7-15-10-5-3-2-4-9(10)13(16)20/h2-5,7-8H,6H2,1H3,(H,14,19)(H,17,18)/p-1/t8-/m0/s1. The van der Waals surface area contributed by atoms with E-state index < -0.39 is 24.5 Å². The largest absolute Gasteiger partial charge is 0.548 e. The number of nitrogens with one attached hydrogen (secondary N) is 1. The number of carboxylic acids is 1. The van der Waals surface area contributed by atoms with E-state index in [1.165, 1.54) is 13.3 Å². The zero-order valence-corrected chi connectivity index (χ0v) is 10.7. The quantitative estimate of drug-likeness (QED) is 0.756. The van der Waals surface area contributed by atoms with Crippen LogP contribution in [0.2, 0.25) is 0 Å². The van der Waals surface area contributed by atoms with Crippen LogP contribution in [0.4, 0.5) is 0 Å². The number of para-hydroxylation sites is 1. The van der Waals surface area contributed by atoms with Gasteiger partial charge in [-0.3, -0.25) is 14.2 Å². The van der Waals surface area contributed by atoms with Gasteiger partial charge in [-0.1, -0.05) is 12.1 Å². The number of carboxylic acid groups (broad SMARTS) is 1. The second-order valence-electron chi connectivity index (χ2n) is 4.24. The van der Waals surface area contributed by atoms with E-state index in [1.807, 2.05) is 0 Å². The fourth-order valence-corrected chi connectivity index (χ4v) is 1.79. The van der Waals surface area contributed by atoms with Gasteiger partial charge < -0.3 is 15.2 Å². The lowest BCUT2D eigenvalue weighted by Crippen LogP contribution is -2.42. The van der Waals surface area contributed by atoms with Gasteiger partial charge in [-0.05, 0) is 19.1 Å². The van der Waals surface area contributed by atoms with Gasteiger partial charge in [0.15, 0.2) is 0 Å². The van der Waals surface area contributed by atoms with Gasteiger partial charge in [-0.15, -0.1) is 0 Å². The highest BCUT2D eigenvalue weighted by molar-refractivity contribution is 5.84. The first-order chi connectivity index (χ1) is 9.50. The van der Waals surface area contributed by atoms with E-state index in [-0.39, 0.29) is 5.56 Å². The Balaban J connectivity index is 2.33. The van der Waals surface area contributed by atoms with Crippen LogP contribution in [0.3, 0.4) is 0 Å². The second kappa shape index (κ2) is 5.52. The van der Waals surface area contributed by atoms with Crippen LogP contribution in [0.25, 0.3) is 10.9 Å². The number of carbonyl (C=O) groups excluding carboxylic acids is 2. The molecule has 20 heavy (non-hydrogen) atoms. The molecule has 7 nitrogen and oxygen atoms in total. The van der Waals surface area contributed by atoms with Gasteiger partial charge in [0.1, 0.15) is 6.04 Å². The van der Waals surface area contributed by atoms with Crippen LogP contribution >= 0.6 is 0 Å². The Morgan fingerprint density at radius 1 is 1.40 bits per heavy atom. The minimum Gasteiger partial charge on any atom is -0.548 e. The summed E-state index contributed by atoms with van der Waals surface area (Å²) in [6.07, 6.45) is 1.27. The number of aromatic nitrogens is 2. The summed E-state index contributed by atoms with van der Waals surface area (Å²) < 4.78 is 1.16. The third-order valence-electron chi connectivity index (χ3n) is 2.89. The summed E-state index contributed by atoms with van der Waals surface area (Å²) in [5, 5.41) is 12.9. The van der Waals surface area contributed by atoms with Gasteiger partial charge in [0.2, 0.25) is 5.91 Å². The van der Waals surface area contributed by atoms with Gasteiger partial charge in [0, 0.05) is 0 Å². The number of nitrogens with zero attached hydrogens (tertiary/aromatic N) is 2. The molecular formula is C13H12N3O4-. The van der Waals surface area contributed by atoms with Crippen molar-refractivity contribution in [3.05, 3.63) is 40.9 Å². The molecule has 7 heteroatoms. The number of amides is 1. The lowest BCUT2D eigenvalue weighted by molar-refractivity contribution is -0.304. The molecule has 0 spiro atoms. The van der Waals surface area contributed by atoms with Crippen molar-refractivity contribution in [2.45, 2.75) is 13.0 Å². The zero-order chi connectivity index (χ0) is 14.7. The molecular weight excluding hydrogens is 262 g/mol. The average molecular weight is 274 g/mol. The molecule has 1 aromatic carbocycles. The molecule has 0 saturated carbocycles. The first kappa shape index (κ1) is 13.7. The maximum atomic E-state index is 12.2. The van der Waals surface area contributed by atoms with Crippen molar-refractivity contribution in [2.24, 2.45) is 0 Å². The van der Waals surface area contributed by atoms with E-state index in [9.17, 15) is 19.5 Å². The van der Waals surface area contributed by atoms with Crippen molar-refractivity contribution in [1.82, 2.24) is 14.9 Å². The molecule has 0 radical (unpaired) electrons. The molecule has 2 rings (SSSR count). The van der Waals surface area contributed by atoms with E-state index in [0.29, 0.717) is 10.9 Å². The second-order valence-corrected chi connectivity index (χ2v) is 4.24. The molecule has 1 atom stereocenters. The third-order valence-corrected chi connectivity index (χ3v) is 2.89. The number of benzene rings is 1. The van der Waals surface area contributed by atoms with E-state index in [4.69, 9.17) is 0 Å². The van der Waals surface area contributed by atoms with Crippen LogP contribution in [-0.4, -0.2) is 28.0 Å². The Kier molecular flexibility index (Phi) is 3.79. The molecule has 2 aromatic rings. The van der Waals surface area contributed by atoms with Gasteiger partial charge in [-0.25, -0.2) is 4.98 Å². The number of rotatable bonds is 4. The zero-order valence-electron chi connectivity index (χ0n) is 10.7. The Bertz CT molecular complexity index is 723. The van der Waals surface area contributed by atoms with Crippen LogP contribution in [0.1, 0.15) is 13.0 Å².